The molecule has 0 saturated heterocycles. The number of hydrogen-bond donors (Lipinski definition) is 1. The molecule has 0 radical (unpaired) electrons. The molecule has 24 heavy (non-hydrogen) atoms. The summed E-state index contributed by atoms with van der Waals surface area (Å²) in [5.41, 5.74) is 3.70. The Morgan fingerprint density at radius 1 is 1.04 bits per heavy atom. The summed E-state index contributed by atoms with van der Waals surface area (Å²) in [7, 11) is 0. The minimum Gasteiger partial charge on any atom is -0.449 e. The normalized spacial score (nSPS) is 12.0. The van der Waals surface area contributed by atoms with Crippen molar-refractivity contribution in [2.24, 2.45) is 0 Å². The lowest BCUT2D eigenvalue weighted by Gasteiger charge is -2.13. The lowest BCUT2D eigenvalue weighted by molar-refractivity contribution is -0.148. The number of aryl methyl sites for hydroxylation is 2. The second kappa shape index (κ2) is 8.11. The van der Waals surface area contributed by atoms with E-state index in [4.69, 9.17) is 4.74 Å². The number of amides is 1. The van der Waals surface area contributed by atoms with Crippen LogP contribution in [0.5, 0.6) is 0 Å². The second-order valence-electron chi connectivity index (χ2n) is 5.63. The van der Waals surface area contributed by atoms with Crippen molar-refractivity contribution in [2.45, 2.75) is 26.9 Å². The van der Waals surface area contributed by atoms with Gasteiger partial charge in [0.05, 0.1) is 0 Å². The van der Waals surface area contributed by atoms with E-state index < -0.39 is 12.1 Å². The van der Waals surface area contributed by atoms with Gasteiger partial charge in [0.25, 0.3) is 5.91 Å². The molecule has 2 aromatic rings. The van der Waals surface area contributed by atoms with E-state index in [1.54, 1.807) is 19.1 Å². The Bertz CT molecular complexity index is 748. The van der Waals surface area contributed by atoms with Crippen LogP contribution in [0.15, 0.2) is 54.6 Å². The standard InChI is InChI=1S/C20H21NO3/c1-14-8-10-17(11-9-14)12-13-19(22)24-16(3)20(23)21-18-7-5-4-6-15(18)2/h4-13,16H,1-3H3,(H,21,23)/b13-12+. The van der Waals surface area contributed by atoms with Crippen molar-refractivity contribution in [1.29, 1.82) is 0 Å². The molecule has 1 N–H and O–H groups in total. The summed E-state index contributed by atoms with van der Waals surface area (Å²) in [5.74, 6) is -0.913. The molecule has 0 aliphatic carbocycles. The Morgan fingerprint density at radius 3 is 2.38 bits per heavy atom. The Labute approximate surface area is 142 Å². The van der Waals surface area contributed by atoms with E-state index in [1.807, 2.05) is 56.3 Å². The van der Waals surface area contributed by atoms with Gasteiger partial charge in [-0.05, 0) is 44.0 Å². The van der Waals surface area contributed by atoms with Gasteiger partial charge in [0.15, 0.2) is 6.10 Å². The van der Waals surface area contributed by atoms with Crippen LogP contribution < -0.4 is 5.32 Å². The van der Waals surface area contributed by atoms with Crippen LogP contribution in [-0.2, 0) is 14.3 Å². The average Bonchev–Trinajstić information content (AvgIpc) is 2.56. The zero-order valence-corrected chi connectivity index (χ0v) is 14.1. The van der Waals surface area contributed by atoms with Crippen molar-refractivity contribution in [3.63, 3.8) is 0 Å². The highest BCUT2D eigenvalue weighted by Crippen LogP contribution is 2.14. The molecule has 0 spiro atoms. The van der Waals surface area contributed by atoms with E-state index in [-0.39, 0.29) is 5.91 Å². The van der Waals surface area contributed by atoms with Crippen LogP contribution in [0.2, 0.25) is 0 Å². The topological polar surface area (TPSA) is 55.4 Å². The number of rotatable bonds is 5. The van der Waals surface area contributed by atoms with Crippen LogP contribution in [-0.4, -0.2) is 18.0 Å². The maximum Gasteiger partial charge on any atom is 0.331 e. The Morgan fingerprint density at radius 2 is 1.71 bits per heavy atom. The number of hydrogen-bond acceptors (Lipinski definition) is 3. The van der Waals surface area contributed by atoms with Gasteiger partial charge in [-0.1, -0.05) is 48.0 Å². The highest BCUT2D eigenvalue weighted by molar-refractivity contribution is 5.97. The van der Waals surface area contributed by atoms with Crippen molar-refractivity contribution < 1.29 is 14.3 Å². The van der Waals surface area contributed by atoms with E-state index in [1.165, 1.54) is 6.08 Å². The van der Waals surface area contributed by atoms with E-state index >= 15 is 0 Å². The predicted molar refractivity (Wildman–Crippen MR) is 95.6 cm³/mol. The molecule has 4 nitrogen and oxygen atoms in total. The predicted octanol–water partition coefficient (Wildman–Crippen LogP) is 3.89. The highest BCUT2D eigenvalue weighted by Gasteiger charge is 2.17. The number of anilines is 1. The van der Waals surface area contributed by atoms with Crippen LogP contribution in [0.4, 0.5) is 5.69 Å². The number of benzene rings is 2. The van der Waals surface area contributed by atoms with Gasteiger partial charge in [-0.15, -0.1) is 0 Å². The summed E-state index contributed by atoms with van der Waals surface area (Å²) in [5, 5.41) is 2.76. The molecular formula is C20H21NO3. The molecule has 1 amide bonds. The third-order valence-electron chi connectivity index (χ3n) is 3.55. The van der Waals surface area contributed by atoms with Crippen LogP contribution in [0.1, 0.15) is 23.6 Å². The van der Waals surface area contributed by atoms with Gasteiger partial charge in [-0.3, -0.25) is 4.79 Å². The number of para-hydroxylation sites is 1. The number of nitrogens with one attached hydrogen (secondary N) is 1. The zero-order valence-electron chi connectivity index (χ0n) is 14.1. The van der Waals surface area contributed by atoms with Crippen LogP contribution in [0, 0.1) is 13.8 Å². The van der Waals surface area contributed by atoms with E-state index in [2.05, 4.69) is 5.32 Å². The molecule has 0 bridgehead atoms. The molecule has 4 heteroatoms. The monoisotopic (exact) mass is 323 g/mol. The molecular weight excluding hydrogens is 302 g/mol. The van der Waals surface area contributed by atoms with E-state index in [0.29, 0.717) is 5.69 Å². The first-order chi connectivity index (χ1) is 11.5. The Balaban J connectivity index is 1.90. The van der Waals surface area contributed by atoms with Crippen molar-refractivity contribution in [3.05, 3.63) is 71.3 Å². The zero-order chi connectivity index (χ0) is 17.5. The van der Waals surface area contributed by atoms with Gasteiger partial charge in [-0.2, -0.15) is 0 Å². The molecule has 0 fully saturated rings. The van der Waals surface area contributed by atoms with E-state index in [9.17, 15) is 9.59 Å². The first kappa shape index (κ1) is 17.5. The molecule has 1 atom stereocenters. The van der Waals surface area contributed by atoms with Gasteiger partial charge in [-0.25, -0.2) is 4.79 Å². The van der Waals surface area contributed by atoms with Gasteiger partial charge in [0.2, 0.25) is 0 Å². The summed E-state index contributed by atoms with van der Waals surface area (Å²) in [6.45, 7) is 5.44. The SMILES string of the molecule is Cc1ccc(/C=C/C(=O)OC(C)C(=O)Nc2ccccc2C)cc1. The smallest absolute Gasteiger partial charge is 0.331 e. The maximum atomic E-state index is 12.1. The van der Waals surface area contributed by atoms with Crippen molar-refractivity contribution >= 4 is 23.6 Å². The first-order valence-electron chi connectivity index (χ1n) is 7.77. The summed E-state index contributed by atoms with van der Waals surface area (Å²) >= 11 is 0. The Kier molecular flexibility index (Phi) is 5.90. The Hall–Kier alpha value is -2.88. The summed E-state index contributed by atoms with van der Waals surface area (Å²) < 4.78 is 5.13. The minimum atomic E-state index is -0.875. The van der Waals surface area contributed by atoms with Gasteiger partial charge < -0.3 is 10.1 Å². The van der Waals surface area contributed by atoms with Gasteiger partial charge in [0, 0.05) is 11.8 Å². The summed E-state index contributed by atoms with van der Waals surface area (Å²) in [6.07, 6.45) is 2.11. The molecule has 2 rings (SSSR count). The minimum absolute atomic E-state index is 0.360. The van der Waals surface area contributed by atoms with Crippen molar-refractivity contribution in [2.75, 3.05) is 5.32 Å². The number of esters is 1. The second-order valence-corrected chi connectivity index (χ2v) is 5.63. The molecule has 0 aromatic heterocycles. The lowest BCUT2D eigenvalue weighted by atomic mass is 10.1. The third kappa shape index (κ3) is 5.09. The fraction of sp³-hybridized carbons (Fsp3) is 0.200. The van der Waals surface area contributed by atoms with Crippen LogP contribution in [0.25, 0.3) is 6.08 Å². The molecule has 124 valence electrons. The number of carbonyl (C=O) groups excluding carboxylic acids is 2. The van der Waals surface area contributed by atoms with Crippen LogP contribution >= 0.6 is 0 Å². The largest absolute Gasteiger partial charge is 0.449 e. The maximum absolute atomic E-state index is 12.1. The summed E-state index contributed by atoms with van der Waals surface area (Å²) in [6, 6.07) is 15.2. The van der Waals surface area contributed by atoms with Crippen molar-refractivity contribution in [3.8, 4) is 0 Å². The molecule has 0 aliphatic heterocycles. The average molecular weight is 323 g/mol. The molecule has 0 heterocycles. The summed E-state index contributed by atoms with van der Waals surface area (Å²) in [4.78, 5) is 23.9. The molecule has 0 saturated carbocycles. The fourth-order valence-electron chi connectivity index (χ4n) is 2.06. The first-order valence-corrected chi connectivity index (χ1v) is 7.77. The van der Waals surface area contributed by atoms with Crippen molar-refractivity contribution in [1.82, 2.24) is 0 Å². The van der Waals surface area contributed by atoms with Gasteiger partial charge in [0.1, 0.15) is 0 Å². The quantitative estimate of drug-likeness (QED) is 0.671. The van der Waals surface area contributed by atoms with Crippen LogP contribution in [0.3, 0.4) is 0 Å². The number of ether oxygens (including phenoxy) is 1. The molecule has 1 unspecified atom stereocenters. The lowest BCUT2D eigenvalue weighted by Crippen LogP contribution is -2.29. The number of carbonyl (C=O) groups is 2. The molecule has 0 aliphatic rings. The highest BCUT2D eigenvalue weighted by atomic mass is 16.5. The molecule has 2 aromatic carbocycles. The van der Waals surface area contributed by atoms with E-state index in [0.717, 1.165) is 16.7 Å². The van der Waals surface area contributed by atoms with Gasteiger partial charge >= 0.3 is 5.97 Å². The fourth-order valence-corrected chi connectivity index (χ4v) is 2.06. The third-order valence-corrected chi connectivity index (χ3v) is 3.55.